The molecule has 4 heteroatoms. The Balaban J connectivity index is 3.03. The predicted molar refractivity (Wildman–Crippen MR) is 56.0 cm³/mol. The van der Waals surface area contributed by atoms with Gasteiger partial charge in [0, 0.05) is 12.4 Å². The number of hydrogen-bond acceptors (Lipinski definition) is 2. The average molecular weight is 210 g/mol. The van der Waals surface area contributed by atoms with E-state index in [1.807, 2.05) is 6.26 Å². The molecule has 72 valence electrons. The van der Waals surface area contributed by atoms with Gasteiger partial charge >= 0.3 is 0 Å². The molecule has 12 heavy (non-hydrogen) atoms. The second-order valence-corrected chi connectivity index (χ2v) is 3.78. The van der Waals surface area contributed by atoms with Crippen LogP contribution in [0.2, 0.25) is 0 Å². The summed E-state index contributed by atoms with van der Waals surface area (Å²) in [4.78, 5) is 10.9. The van der Waals surface area contributed by atoms with Gasteiger partial charge in [-0.05, 0) is 19.1 Å². The second kappa shape index (κ2) is 9.20. The zero-order valence-corrected chi connectivity index (χ0v) is 9.01. The van der Waals surface area contributed by atoms with Gasteiger partial charge in [0.1, 0.15) is 0 Å². The fourth-order valence-electron chi connectivity index (χ4n) is 0.806. The Morgan fingerprint density at radius 1 is 1.42 bits per heavy atom. The summed E-state index contributed by atoms with van der Waals surface area (Å²) in [5.41, 5.74) is 0. The molecule has 0 fully saturated rings. The monoisotopic (exact) mass is 209 g/mol. The Kier molecular flexibility index (Phi) is 9.28. The molecule has 0 aliphatic heterocycles. The molecule has 0 aromatic carbocycles. The molecule has 2 nitrogen and oxygen atoms in total. The zero-order valence-electron chi connectivity index (χ0n) is 7.44. The maximum Gasteiger partial charge on any atom is 0.229 e. The van der Waals surface area contributed by atoms with Crippen LogP contribution in [0.3, 0.4) is 0 Å². The highest BCUT2D eigenvalue weighted by Gasteiger charge is 1.96. The standard InChI is InChI=1S/C8H16ClNOS/c1-12-7-8(11)10-6-4-2-3-5-9/h2-7H2,1H3,(H,10,11). The number of halogens is 1. The number of unbranched alkanes of at least 4 members (excludes halogenated alkanes) is 2. The van der Waals surface area contributed by atoms with E-state index in [4.69, 9.17) is 11.6 Å². The summed E-state index contributed by atoms with van der Waals surface area (Å²) < 4.78 is 0. The first-order chi connectivity index (χ1) is 5.81. The molecule has 0 saturated carbocycles. The van der Waals surface area contributed by atoms with Crippen molar-refractivity contribution in [3.8, 4) is 0 Å². The molecular weight excluding hydrogens is 194 g/mol. The molecule has 0 radical (unpaired) electrons. The van der Waals surface area contributed by atoms with Gasteiger partial charge < -0.3 is 5.32 Å². The lowest BCUT2D eigenvalue weighted by Crippen LogP contribution is -2.25. The van der Waals surface area contributed by atoms with Gasteiger partial charge in [-0.3, -0.25) is 4.79 Å². The molecule has 0 heterocycles. The molecule has 0 bridgehead atoms. The zero-order chi connectivity index (χ0) is 9.23. The molecule has 0 atom stereocenters. The van der Waals surface area contributed by atoms with Crippen molar-refractivity contribution in [2.45, 2.75) is 19.3 Å². The fraction of sp³-hybridized carbons (Fsp3) is 0.875. The summed E-state index contributed by atoms with van der Waals surface area (Å²) in [7, 11) is 0. The number of thioether (sulfide) groups is 1. The molecule has 0 rings (SSSR count). The number of carbonyl (C=O) groups is 1. The van der Waals surface area contributed by atoms with Crippen LogP contribution in [0.5, 0.6) is 0 Å². The van der Waals surface area contributed by atoms with Crippen LogP contribution in [0.25, 0.3) is 0 Å². The van der Waals surface area contributed by atoms with Crippen LogP contribution in [-0.2, 0) is 4.79 Å². The smallest absolute Gasteiger partial charge is 0.229 e. The summed E-state index contributed by atoms with van der Waals surface area (Å²) in [6.07, 6.45) is 5.10. The lowest BCUT2D eigenvalue weighted by atomic mass is 10.2. The van der Waals surface area contributed by atoms with Gasteiger partial charge in [-0.25, -0.2) is 0 Å². The van der Waals surface area contributed by atoms with E-state index >= 15 is 0 Å². The van der Waals surface area contributed by atoms with E-state index in [0.29, 0.717) is 5.75 Å². The second-order valence-electron chi connectivity index (χ2n) is 2.53. The van der Waals surface area contributed by atoms with Crippen molar-refractivity contribution in [2.75, 3.05) is 24.4 Å². The van der Waals surface area contributed by atoms with Crippen molar-refractivity contribution in [1.29, 1.82) is 0 Å². The van der Waals surface area contributed by atoms with Gasteiger partial charge in [-0.2, -0.15) is 11.8 Å². The Bertz CT molecular complexity index is 122. The Morgan fingerprint density at radius 3 is 2.75 bits per heavy atom. The Morgan fingerprint density at radius 2 is 2.17 bits per heavy atom. The summed E-state index contributed by atoms with van der Waals surface area (Å²) >= 11 is 7.05. The number of hydrogen-bond donors (Lipinski definition) is 1. The minimum absolute atomic E-state index is 0.133. The van der Waals surface area contributed by atoms with Crippen LogP contribution in [0.15, 0.2) is 0 Å². The highest BCUT2D eigenvalue weighted by Crippen LogP contribution is 1.96. The van der Waals surface area contributed by atoms with Gasteiger partial charge in [-0.1, -0.05) is 6.42 Å². The summed E-state index contributed by atoms with van der Waals surface area (Å²) in [5.74, 6) is 1.42. The van der Waals surface area contributed by atoms with Gasteiger partial charge in [-0.15, -0.1) is 11.6 Å². The SMILES string of the molecule is CSCC(=O)NCCCCCCl. The highest BCUT2D eigenvalue weighted by atomic mass is 35.5. The number of nitrogens with one attached hydrogen (secondary N) is 1. The molecule has 0 aromatic rings. The van der Waals surface area contributed by atoms with Crippen molar-refractivity contribution in [1.82, 2.24) is 5.32 Å². The summed E-state index contributed by atoms with van der Waals surface area (Å²) in [6, 6.07) is 0. The molecule has 0 aliphatic carbocycles. The van der Waals surface area contributed by atoms with Gasteiger partial charge in [0.25, 0.3) is 0 Å². The highest BCUT2D eigenvalue weighted by molar-refractivity contribution is 7.99. The van der Waals surface area contributed by atoms with E-state index in [1.165, 1.54) is 0 Å². The average Bonchev–Trinajstić information content (AvgIpc) is 2.05. The van der Waals surface area contributed by atoms with E-state index in [1.54, 1.807) is 11.8 Å². The van der Waals surface area contributed by atoms with E-state index in [9.17, 15) is 4.79 Å². The van der Waals surface area contributed by atoms with Gasteiger partial charge in [0.2, 0.25) is 5.91 Å². The summed E-state index contributed by atoms with van der Waals surface area (Å²) in [5, 5.41) is 2.84. The molecule has 0 spiro atoms. The largest absolute Gasteiger partial charge is 0.355 e. The maximum absolute atomic E-state index is 10.9. The molecule has 0 saturated heterocycles. The normalized spacial score (nSPS) is 9.83. The summed E-state index contributed by atoms with van der Waals surface area (Å²) in [6.45, 7) is 0.788. The van der Waals surface area contributed by atoms with Crippen LogP contribution in [0.1, 0.15) is 19.3 Å². The van der Waals surface area contributed by atoms with Crippen molar-refractivity contribution in [3.05, 3.63) is 0 Å². The lowest BCUT2D eigenvalue weighted by molar-refractivity contribution is -0.118. The topological polar surface area (TPSA) is 29.1 Å². The molecule has 0 unspecified atom stereocenters. The number of carbonyl (C=O) groups excluding carboxylic acids is 1. The number of rotatable bonds is 7. The van der Waals surface area contributed by atoms with Crippen molar-refractivity contribution < 1.29 is 4.79 Å². The molecule has 1 amide bonds. The van der Waals surface area contributed by atoms with Crippen LogP contribution < -0.4 is 5.32 Å². The minimum atomic E-state index is 0.133. The van der Waals surface area contributed by atoms with E-state index in [2.05, 4.69) is 5.32 Å². The number of amides is 1. The van der Waals surface area contributed by atoms with E-state index in [0.717, 1.165) is 31.7 Å². The molecule has 0 aromatic heterocycles. The minimum Gasteiger partial charge on any atom is -0.355 e. The third-order valence-electron chi connectivity index (χ3n) is 1.41. The fourth-order valence-corrected chi connectivity index (χ4v) is 1.36. The van der Waals surface area contributed by atoms with Crippen molar-refractivity contribution in [3.63, 3.8) is 0 Å². The van der Waals surface area contributed by atoms with Crippen molar-refractivity contribution in [2.24, 2.45) is 0 Å². The third-order valence-corrected chi connectivity index (χ3v) is 2.23. The van der Waals surface area contributed by atoms with Crippen LogP contribution in [0.4, 0.5) is 0 Å². The van der Waals surface area contributed by atoms with Gasteiger partial charge in [0.05, 0.1) is 5.75 Å². The maximum atomic E-state index is 10.9. The third kappa shape index (κ3) is 8.21. The van der Waals surface area contributed by atoms with Crippen molar-refractivity contribution >= 4 is 29.3 Å². The van der Waals surface area contributed by atoms with E-state index in [-0.39, 0.29) is 5.91 Å². The van der Waals surface area contributed by atoms with E-state index < -0.39 is 0 Å². The molecular formula is C8H16ClNOS. The van der Waals surface area contributed by atoms with Crippen LogP contribution in [0, 0.1) is 0 Å². The lowest BCUT2D eigenvalue weighted by Gasteiger charge is -2.02. The molecule has 1 N–H and O–H groups in total. The van der Waals surface area contributed by atoms with Crippen LogP contribution >= 0.6 is 23.4 Å². The first kappa shape index (κ1) is 12.1. The predicted octanol–water partition coefficient (Wildman–Crippen LogP) is 1.87. The Labute approximate surface area is 83.4 Å². The Hall–Kier alpha value is 0.110. The quantitative estimate of drug-likeness (QED) is 0.513. The van der Waals surface area contributed by atoms with Crippen LogP contribution in [-0.4, -0.2) is 30.3 Å². The first-order valence-corrected chi connectivity index (χ1v) is 6.05. The first-order valence-electron chi connectivity index (χ1n) is 4.13. The number of alkyl halides is 1. The molecule has 0 aliphatic rings. The van der Waals surface area contributed by atoms with Gasteiger partial charge in [0.15, 0.2) is 0 Å².